The number of methoxy groups -OCH3 is 2. The number of hydrogen-bond donors (Lipinski definition) is 1. The van der Waals surface area contributed by atoms with Gasteiger partial charge in [-0.05, 0) is 25.3 Å². The Morgan fingerprint density at radius 2 is 1.92 bits per heavy atom. The summed E-state index contributed by atoms with van der Waals surface area (Å²) >= 11 is 0. The Kier molecular flexibility index (Phi) is 3.98. The zero-order chi connectivity index (χ0) is 8.97. The lowest BCUT2D eigenvalue weighted by Gasteiger charge is -2.25. The first-order valence-electron chi connectivity index (χ1n) is 4.62. The predicted molar refractivity (Wildman–Crippen MR) is 48.0 cm³/mol. The molecule has 1 fully saturated rings. The van der Waals surface area contributed by atoms with Gasteiger partial charge in [0.05, 0.1) is 6.04 Å². The number of ether oxygens (including phenoxy) is 2. The molecule has 1 saturated carbocycles. The molecule has 0 aliphatic heterocycles. The summed E-state index contributed by atoms with van der Waals surface area (Å²) in [6.07, 6.45) is 2.53. The molecule has 1 N–H and O–H groups in total. The second kappa shape index (κ2) is 4.80. The third-order valence-electron chi connectivity index (χ3n) is 2.33. The van der Waals surface area contributed by atoms with Crippen molar-refractivity contribution >= 4 is 0 Å². The Hall–Kier alpha value is -0.120. The van der Waals surface area contributed by atoms with Crippen LogP contribution in [-0.2, 0) is 9.47 Å². The lowest BCUT2D eigenvalue weighted by Crippen LogP contribution is -2.43. The fourth-order valence-corrected chi connectivity index (χ4v) is 1.57. The van der Waals surface area contributed by atoms with Crippen molar-refractivity contribution in [2.24, 2.45) is 5.92 Å². The minimum absolute atomic E-state index is 0.0857. The zero-order valence-corrected chi connectivity index (χ0v) is 8.17. The summed E-state index contributed by atoms with van der Waals surface area (Å²) < 4.78 is 10.5. The van der Waals surface area contributed by atoms with E-state index in [4.69, 9.17) is 9.47 Å². The topological polar surface area (TPSA) is 30.5 Å². The molecule has 0 aromatic rings. The largest absolute Gasteiger partial charge is 0.354 e. The highest BCUT2D eigenvalue weighted by molar-refractivity contribution is 4.88. The maximum absolute atomic E-state index is 5.23. The van der Waals surface area contributed by atoms with Gasteiger partial charge in [0.1, 0.15) is 0 Å². The van der Waals surface area contributed by atoms with E-state index in [-0.39, 0.29) is 6.29 Å². The van der Waals surface area contributed by atoms with Crippen LogP contribution in [-0.4, -0.2) is 33.1 Å². The molecule has 0 spiro atoms. The zero-order valence-electron chi connectivity index (χ0n) is 8.17. The van der Waals surface area contributed by atoms with E-state index in [0.29, 0.717) is 6.04 Å². The van der Waals surface area contributed by atoms with Crippen molar-refractivity contribution in [1.82, 2.24) is 5.32 Å². The molecular formula is C9H19NO2. The van der Waals surface area contributed by atoms with Crippen LogP contribution < -0.4 is 5.32 Å². The first-order chi connectivity index (χ1) is 5.83. The molecule has 12 heavy (non-hydrogen) atoms. The van der Waals surface area contributed by atoms with E-state index in [1.807, 2.05) is 0 Å². The summed E-state index contributed by atoms with van der Waals surface area (Å²) in [7, 11) is 3.39. The highest BCUT2D eigenvalue weighted by Crippen LogP contribution is 2.34. The molecule has 0 amide bonds. The van der Waals surface area contributed by atoms with Gasteiger partial charge in [-0.15, -0.1) is 0 Å². The van der Waals surface area contributed by atoms with Crippen molar-refractivity contribution in [1.29, 1.82) is 0 Å². The summed E-state index contributed by atoms with van der Waals surface area (Å²) in [5.41, 5.74) is 0. The van der Waals surface area contributed by atoms with Gasteiger partial charge in [-0.1, -0.05) is 6.92 Å². The maximum Gasteiger partial charge on any atom is 0.172 e. The number of hydrogen-bond acceptors (Lipinski definition) is 3. The molecule has 3 heteroatoms. The molecule has 1 aliphatic carbocycles. The Balaban J connectivity index is 2.38. The normalized spacial score (nSPS) is 20.0. The molecule has 0 aromatic carbocycles. The highest BCUT2D eigenvalue weighted by atomic mass is 16.7. The molecule has 1 atom stereocenters. The van der Waals surface area contributed by atoms with E-state index in [1.54, 1.807) is 14.2 Å². The van der Waals surface area contributed by atoms with Gasteiger partial charge < -0.3 is 14.8 Å². The van der Waals surface area contributed by atoms with Gasteiger partial charge in [0.15, 0.2) is 6.29 Å². The molecule has 0 radical (unpaired) electrons. The Morgan fingerprint density at radius 1 is 1.33 bits per heavy atom. The van der Waals surface area contributed by atoms with Crippen molar-refractivity contribution in [3.8, 4) is 0 Å². The van der Waals surface area contributed by atoms with E-state index >= 15 is 0 Å². The fourth-order valence-electron chi connectivity index (χ4n) is 1.57. The summed E-state index contributed by atoms with van der Waals surface area (Å²) in [6.45, 7) is 3.09. The van der Waals surface area contributed by atoms with Crippen molar-refractivity contribution in [3.63, 3.8) is 0 Å². The van der Waals surface area contributed by atoms with E-state index in [0.717, 1.165) is 12.5 Å². The van der Waals surface area contributed by atoms with Gasteiger partial charge >= 0.3 is 0 Å². The van der Waals surface area contributed by atoms with Gasteiger partial charge in [-0.2, -0.15) is 0 Å². The second-order valence-corrected chi connectivity index (χ2v) is 3.26. The summed E-state index contributed by atoms with van der Waals surface area (Å²) in [6, 6.07) is 0.380. The SMILES string of the molecule is CCNC(C1CC1)C(OC)OC. The average molecular weight is 173 g/mol. The van der Waals surface area contributed by atoms with E-state index < -0.39 is 0 Å². The van der Waals surface area contributed by atoms with E-state index in [9.17, 15) is 0 Å². The standard InChI is InChI=1S/C9H19NO2/c1-4-10-8(7-5-6-7)9(11-2)12-3/h7-10H,4-6H2,1-3H3. The molecular weight excluding hydrogens is 154 g/mol. The van der Waals surface area contributed by atoms with Crippen LogP contribution in [0.5, 0.6) is 0 Å². The quantitative estimate of drug-likeness (QED) is 0.608. The minimum Gasteiger partial charge on any atom is -0.354 e. The van der Waals surface area contributed by atoms with Crippen LogP contribution in [0.25, 0.3) is 0 Å². The Morgan fingerprint density at radius 3 is 2.25 bits per heavy atom. The van der Waals surface area contributed by atoms with Crippen molar-refractivity contribution in [2.75, 3.05) is 20.8 Å². The predicted octanol–water partition coefficient (Wildman–Crippen LogP) is 0.993. The van der Waals surface area contributed by atoms with Crippen LogP contribution in [0.15, 0.2) is 0 Å². The van der Waals surface area contributed by atoms with Crippen LogP contribution in [0.1, 0.15) is 19.8 Å². The number of nitrogens with one attached hydrogen (secondary N) is 1. The fraction of sp³-hybridized carbons (Fsp3) is 1.00. The molecule has 0 aromatic heterocycles. The van der Waals surface area contributed by atoms with E-state index in [2.05, 4.69) is 12.2 Å². The molecule has 0 heterocycles. The molecule has 1 rings (SSSR count). The molecule has 1 unspecified atom stereocenters. The molecule has 72 valence electrons. The van der Waals surface area contributed by atoms with Gasteiger partial charge in [0.2, 0.25) is 0 Å². The van der Waals surface area contributed by atoms with Gasteiger partial charge in [0, 0.05) is 14.2 Å². The maximum atomic E-state index is 5.23. The third-order valence-corrected chi connectivity index (χ3v) is 2.33. The van der Waals surface area contributed by atoms with Gasteiger partial charge in [0.25, 0.3) is 0 Å². The Labute approximate surface area is 74.4 Å². The molecule has 0 saturated heterocycles. The monoisotopic (exact) mass is 173 g/mol. The number of rotatable bonds is 6. The Bertz CT molecular complexity index is 122. The lowest BCUT2D eigenvalue weighted by molar-refractivity contribution is -0.126. The number of likely N-dealkylation sites (N-methyl/N-ethyl adjacent to an activating group) is 1. The lowest BCUT2D eigenvalue weighted by atomic mass is 10.2. The summed E-state index contributed by atoms with van der Waals surface area (Å²) in [5, 5.41) is 3.40. The molecule has 3 nitrogen and oxygen atoms in total. The van der Waals surface area contributed by atoms with Crippen molar-refractivity contribution < 1.29 is 9.47 Å². The van der Waals surface area contributed by atoms with Crippen LogP contribution in [0.2, 0.25) is 0 Å². The van der Waals surface area contributed by atoms with Crippen LogP contribution in [0.4, 0.5) is 0 Å². The van der Waals surface area contributed by atoms with Crippen LogP contribution in [0.3, 0.4) is 0 Å². The average Bonchev–Trinajstić information content (AvgIpc) is 2.88. The summed E-state index contributed by atoms with van der Waals surface area (Å²) in [5.74, 6) is 0.759. The van der Waals surface area contributed by atoms with Crippen LogP contribution in [0, 0.1) is 5.92 Å². The van der Waals surface area contributed by atoms with Crippen LogP contribution >= 0.6 is 0 Å². The second-order valence-electron chi connectivity index (χ2n) is 3.26. The third kappa shape index (κ3) is 2.44. The van der Waals surface area contributed by atoms with Crippen molar-refractivity contribution in [2.45, 2.75) is 32.1 Å². The smallest absolute Gasteiger partial charge is 0.172 e. The van der Waals surface area contributed by atoms with E-state index in [1.165, 1.54) is 12.8 Å². The van der Waals surface area contributed by atoms with Gasteiger partial charge in [-0.3, -0.25) is 0 Å². The first-order valence-corrected chi connectivity index (χ1v) is 4.62. The molecule has 0 bridgehead atoms. The summed E-state index contributed by atoms with van der Waals surface area (Å²) in [4.78, 5) is 0. The van der Waals surface area contributed by atoms with Crippen molar-refractivity contribution in [3.05, 3.63) is 0 Å². The first kappa shape index (κ1) is 9.96. The molecule has 1 aliphatic rings. The minimum atomic E-state index is -0.0857. The highest BCUT2D eigenvalue weighted by Gasteiger charge is 2.36. The van der Waals surface area contributed by atoms with Gasteiger partial charge in [-0.25, -0.2) is 0 Å².